The first kappa shape index (κ1) is 13.0. The van der Waals surface area contributed by atoms with Crippen molar-refractivity contribution in [3.63, 3.8) is 0 Å². The first-order valence-corrected chi connectivity index (χ1v) is 7.02. The van der Waals surface area contributed by atoms with E-state index in [0.717, 1.165) is 17.8 Å². The molecule has 0 radical (unpaired) electrons. The van der Waals surface area contributed by atoms with Crippen LogP contribution in [0.1, 0.15) is 44.5 Å². The van der Waals surface area contributed by atoms with Gasteiger partial charge in [0.1, 0.15) is 10.4 Å². The highest BCUT2D eigenvalue weighted by Gasteiger charge is 2.43. The van der Waals surface area contributed by atoms with Crippen LogP contribution in [0.4, 0.5) is 0 Å². The van der Waals surface area contributed by atoms with Gasteiger partial charge in [-0.05, 0) is 26.7 Å². The summed E-state index contributed by atoms with van der Waals surface area (Å²) in [6.07, 6.45) is 4.98. The van der Waals surface area contributed by atoms with E-state index in [2.05, 4.69) is 16.4 Å². The number of nitrogens with zero attached hydrogens (tertiary/aromatic N) is 2. The first-order chi connectivity index (χ1) is 8.50. The Morgan fingerprint density at radius 2 is 2.22 bits per heavy atom. The fourth-order valence-corrected chi connectivity index (χ4v) is 3.08. The van der Waals surface area contributed by atoms with Gasteiger partial charge in [0.25, 0.3) is 0 Å². The van der Waals surface area contributed by atoms with Crippen molar-refractivity contribution in [3.05, 3.63) is 16.6 Å². The Balaban J connectivity index is 2.14. The molecule has 0 unspecified atom stereocenters. The molecule has 1 aromatic rings. The van der Waals surface area contributed by atoms with Crippen LogP contribution in [0.5, 0.6) is 0 Å². The van der Waals surface area contributed by atoms with Gasteiger partial charge in [-0.3, -0.25) is 4.79 Å². The Morgan fingerprint density at radius 1 is 1.56 bits per heavy atom. The number of rotatable bonds is 3. The fourth-order valence-electron chi connectivity index (χ4n) is 2.36. The van der Waals surface area contributed by atoms with Gasteiger partial charge in [0.15, 0.2) is 0 Å². The summed E-state index contributed by atoms with van der Waals surface area (Å²) in [5.74, 6) is -0.150. The van der Waals surface area contributed by atoms with E-state index in [-0.39, 0.29) is 5.91 Å². The maximum Gasteiger partial charge on any atom is 0.241 e. The van der Waals surface area contributed by atoms with Gasteiger partial charge >= 0.3 is 0 Å². The lowest BCUT2D eigenvalue weighted by molar-refractivity contribution is -0.129. The highest BCUT2D eigenvalue weighted by Crippen LogP contribution is 2.38. The maximum absolute atomic E-state index is 12.4. The molecule has 96 valence electrons. The molecule has 0 atom stereocenters. The van der Waals surface area contributed by atoms with Crippen molar-refractivity contribution >= 4 is 17.2 Å². The maximum atomic E-state index is 12.4. The van der Waals surface area contributed by atoms with E-state index in [9.17, 15) is 10.1 Å². The Morgan fingerprint density at radius 3 is 2.72 bits per heavy atom. The molecule has 1 fully saturated rings. The minimum Gasteiger partial charge on any atom is -0.343 e. The zero-order valence-electron chi connectivity index (χ0n) is 10.7. The van der Waals surface area contributed by atoms with Crippen LogP contribution in [0.3, 0.4) is 0 Å². The van der Waals surface area contributed by atoms with Crippen molar-refractivity contribution in [1.82, 2.24) is 10.3 Å². The summed E-state index contributed by atoms with van der Waals surface area (Å²) in [6.45, 7) is 3.84. The van der Waals surface area contributed by atoms with Crippen LogP contribution >= 0.6 is 11.3 Å². The van der Waals surface area contributed by atoms with Crippen molar-refractivity contribution in [2.45, 2.75) is 45.1 Å². The number of hydrogen-bond acceptors (Lipinski definition) is 4. The number of nitriles is 1. The van der Waals surface area contributed by atoms with Crippen molar-refractivity contribution in [1.29, 1.82) is 5.26 Å². The van der Waals surface area contributed by atoms with Gasteiger partial charge in [0.2, 0.25) is 5.91 Å². The summed E-state index contributed by atoms with van der Waals surface area (Å²) in [7, 11) is 0. The average Bonchev–Trinajstić information content (AvgIpc) is 3.01. The SMILES string of the molecule is CC(C)(NC(=O)C1(C#N)CCCC1)c1nccs1. The van der Waals surface area contributed by atoms with Gasteiger partial charge in [0, 0.05) is 11.6 Å². The summed E-state index contributed by atoms with van der Waals surface area (Å²) in [4.78, 5) is 16.6. The Kier molecular flexibility index (Phi) is 3.40. The topological polar surface area (TPSA) is 65.8 Å². The zero-order valence-corrected chi connectivity index (χ0v) is 11.5. The number of amides is 1. The Hall–Kier alpha value is -1.41. The Labute approximate surface area is 111 Å². The molecule has 2 rings (SSSR count). The zero-order chi connectivity index (χ0) is 13.2. The molecule has 1 aromatic heterocycles. The first-order valence-electron chi connectivity index (χ1n) is 6.14. The smallest absolute Gasteiger partial charge is 0.241 e. The molecule has 1 aliphatic carbocycles. The molecule has 5 heteroatoms. The van der Waals surface area contributed by atoms with Gasteiger partial charge in [-0.2, -0.15) is 5.26 Å². The van der Waals surface area contributed by atoms with Crippen LogP contribution in [-0.2, 0) is 10.3 Å². The third-order valence-electron chi connectivity index (χ3n) is 3.50. The van der Waals surface area contributed by atoms with Crippen molar-refractivity contribution in [3.8, 4) is 6.07 Å². The molecule has 0 bridgehead atoms. The van der Waals surface area contributed by atoms with Crippen LogP contribution in [0.25, 0.3) is 0 Å². The highest BCUT2D eigenvalue weighted by atomic mass is 32.1. The van der Waals surface area contributed by atoms with E-state index < -0.39 is 11.0 Å². The van der Waals surface area contributed by atoms with Crippen LogP contribution in [0, 0.1) is 16.7 Å². The monoisotopic (exact) mass is 263 g/mol. The van der Waals surface area contributed by atoms with Crippen molar-refractivity contribution in [2.75, 3.05) is 0 Å². The van der Waals surface area contributed by atoms with E-state index in [0.29, 0.717) is 12.8 Å². The molecule has 0 spiro atoms. The minimum atomic E-state index is -0.825. The van der Waals surface area contributed by atoms with Crippen LogP contribution in [0.2, 0.25) is 0 Å². The largest absolute Gasteiger partial charge is 0.343 e. The van der Waals surface area contributed by atoms with Crippen molar-refractivity contribution < 1.29 is 4.79 Å². The molecule has 1 amide bonds. The summed E-state index contributed by atoms with van der Waals surface area (Å²) in [5.41, 5.74) is -1.34. The molecular formula is C13H17N3OS. The minimum absolute atomic E-state index is 0.150. The molecule has 0 saturated heterocycles. The molecule has 0 aliphatic heterocycles. The lowest BCUT2D eigenvalue weighted by atomic mass is 9.86. The number of carbonyl (C=O) groups excluding carboxylic acids is 1. The quantitative estimate of drug-likeness (QED) is 0.911. The Bertz CT molecular complexity index is 467. The third-order valence-corrected chi connectivity index (χ3v) is 4.60. The van der Waals surface area contributed by atoms with Crippen LogP contribution < -0.4 is 5.32 Å². The second-order valence-corrected chi connectivity index (χ2v) is 6.21. The standard InChI is InChI=1S/C13H17N3OS/c1-12(2,11-15-7-8-18-11)16-10(17)13(9-14)5-3-4-6-13/h7-8H,3-6H2,1-2H3,(H,16,17). The average molecular weight is 263 g/mol. The molecule has 1 N–H and O–H groups in total. The summed E-state index contributed by atoms with van der Waals surface area (Å²) in [6, 6.07) is 2.22. The molecule has 1 saturated carbocycles. The summed E-state index contributed by atoms with van der Waals surface area (Å²) in [5, 5.41) is 15.0. The molecular weight excluding hydrogens is 246 g/mol. The number of carbonyl (C=O) groups is 1. The van der Waals surface area contributed by atoms with Crippen LogP contribution in [-0.4, -0.2) is 10.9 Å². The normalized spacial score (nSPS) is 18.3. The van der Waals surface area contributed by atoms with E-state index >= 15 is 0 Å². The van der Waals surface area contributed by atoms with Gasteiger partial charge in [-0.15, -0.1) is 11.3 Å². The predicted molar refractivity (Wildman–Crippen MR) is 69.8 cm³/mol. The lowest BCUT2D eigenvalue weighted by Crippen LogP contribution is -2.47. The van der Waals surface area contributed by atoms with Gasteiger partial charge in [-0.25, -0.2) is 4.98 Å². The van der Waals surface area contributed by atoms with Gasteiger partial charge in [-0.1, -0.05) is 12.8 Å². The number of thiazole rings is 1. The summed E-state index contributed by atoms with van der Waals surface area (Å²) >= 11 is 1.51. The van der Waals surface area contributed by atoms with Gasteiger partial charge < -0.3 is 5.32 Å². The molecule has 0 aromatic carbocycles. The lowest BCUT2D eigenvalue weighted by Gasteiger charge is -2.28. The summed E-state index contributed by atoms with van der Waals surface area (Å²) < 4.78 is 0. The number of hydrogen-bond donors (Lipinski definition) is 1. The highest BCUT2D eigenvalue weighted by molar-refractivity contribution is 7.09. The molecule has 1 heterocycles. The number of aromatic nitrogens is 1. The predicted octanol–water partition coefficient (Wildman–Crippen LogP) is 2.58. The second-order valence-electron chi connectivity index (χ2n) is 5.32. The van der Waals surface area contributed by atoms with E-state index in [1.165, 1.54) is 11.3 Å². The molecule has 18 heavy (non-hydrogen) atoms. The molecule has 1 aliphatic rings. The number of nitrogens with one attached hydrogen (secondary N) is 1. The molecule has 4 nitrogen and oxygen atoms in total. The van der Waals surface area contributed by atoms with Gasteiger partial charge in [0.05, 0.1) is 11.6 Å². The second kappa shape index (κ2) is 4.69. The van der Waals surface area contributed by atoms with E-state index in [1.807, 2.05) is 19.2 Å². The van der Waals surface area contributed by atoms with E-state index in [1.54, 1.807) is 6.20 Å². The van der Waals surface area contributed by atoms with Crippen molar-refractivity contribution in [2.24, 2.45) is 5.41 Å². The third kappa shape index (κ3) is 2.25. The fraction of sp³-hybridized carbons (Fsp3) is 0.615. The van der Waals surface area contributed by atoms with E-state index in [4.69, 9.17) is 0 Å². The van der Waals surface area contributed by atoms with Crippen LogP contribution in [0.15, 0.2) is 11.6 Å².